The van der Waals surface area contributed by atoms with Gasteiger partial charge >= 0.3 is 0 Å². The molecule has 0 saturated carbocycles. The molecule has 1 aromatic heterocycles. The average molecular weight is 359 g/mol. The summed E-state index contributed by atoms with van der Waals surface area (Å²) in [5.74, 6) is 1.60. The molecule has 2 aromatic rings. The van der Waals surface area contributed by atoms with Crippen molar-refractivity contribution in [3.05, 3.63) is 60.1 Å². The van der Waals surface area contributed by atoms with Crippen LogP contribution in [0.1, 0.15) is 30.6 Å². The summed E-state index contributed by atoms with van der Waals surface area (Å²) < 4.78 is 10.8. The number of hydrogen-bond acceptors (Lipinski definition) is 4. The van der Waals surface area contributed by atoms with E-state index in [1.807, 2.05) is 49.4 Å². The zero-order chi connectivity index (χ0) is 18.5. The lowest BCUT2D eigenvalue weighted by molar-refractivity contribution is 0.105. The van der Waals surface area contributed by atoms with Crippen LogP contribution in [-0.4, -0.2) is 43.9 Å². The average Bonchev–Trinajstić information content (AvgIpc) is 3.19. The van der Waals surface area contributed by atoms with Gasteiger partial charge in [0.2, 0.25) is 0 Å². The molecular weight excluding hydrogens is 330 g/mol. The number of guanidine groups is 1. The maximum absolute atomic E-state index is 9.64. The van der Waals surface area contributed by atoms with Crippen LogP contribution in [0.15, 0.2) is 58.1 Å². The first-order valence-electron chi connectivity index (χ1n) is 9.11. The summed E-state index contributed by atoms with van der Waals surface area (Å²) in [6.45, 7) is 5.34. The Morgan fingerprint density at radius 1 is 1.19 bits per heavy atom. The number of hydrogen-bond donors (Lipinski definition) is 3. The summed E-state index contributed by atoms with van der Waals surface area (Å²) in [6.07, 6.45) is 2.52. The Labute approximate surface area is 155 Å². The van der Waals surface area contributed by atoms with Crippen molar-refractivity contribution in [1.82, 2.24) is 10.6 Å². The quantitative estimate of drug-likeness (QED) is 0.326. The summed E-state index contributed by atoms with van der Waals surface area (Å²) in [4.78, 5) is 4.60. The van der Waals surface area contributed by atoms with Crippen molar-refractivity contribution < 1.29 is 14.3 Å². The highest BCUT2D eigenvalue weighted by atomic mass is 16.5. The molecule has 0 bridgehead atoms. The van der Waals surface area contributed by atoms with Gasteiger partial charge in [-0.15, -0.1) is 0 Å². The van der Waals surface area contributed by atoms with Gasteiger partial charge in [-0.05, 0) is 31.0 Å². The molecule has 1 heterocycles. The smallest absolute Gasteiger partial charge is 0.191 e. The van der Waals surface area contributed by atoms with Crippen LogP contribution in [0.3, 0.4) is 0 Å². The third kappa shape index (κ3) is 7.29. The number of aliphatic hydroxyl groups excluding tert-OH is 1. The fraction of sp³-hybridized carbons (Fsp3) is 0.450. The van der Waals surface area contributed by atoms with E-state index in [1.54, 1.807) is 6.26 Å². The summed E-state index contributed by atoms with van der Waals surface area (Å²) in [5, 5.41) is 16.2. The lowest BCUT2D eigenvalue weighted by Gasteiger charge is -2.15. The minimum Gasteiger partial charge on any atom is -0.467 e. The number of furan rings is 1. The second kappa shape index (κ2) is 12.1. The third-order valence-electron chi connectivity index (χ3n) is 3.89. The van der Waals surface area contributed by atoms with E-state index in [9.17, 15) is 5.11 Å². The van der Waals surface area contributed by atoms with Gasteiger partial charge in [-0.3, -0.25) is 4.99 Å². The molecule has 1 atom stereocenters. The van der Waals surface area contributed by atoms with Crippen molar-refractivity contribution in [2.75, 3.05) is 32.8 Å². The summed E-state index contributed by atoms with van der Waals surface area (Å²) >= 11 is 0. The Morgan fingerprint density at radius 2 is 2.04 bits per heavy atom. The Bertz CT molecular complexity index is 614. The van der Waals surface area contributed by atoms with E-state index in [2.05, 4.69) is 15.6 Å². The fourth-order valence-corrected chi connectivity index (χ4v) is 2.49. The van der Waals surface area contributed by atoms with Crippen LogP contribution in [0.25, 0.3) is 0 Å². The Balaban J connectivity index is 1.71. The molecule has 0 aliphatic carbocycles. The normalized spacial score (nSPS) is 12.8. The molecule has 0 fully saturated rings. The van der Waals surface area contributed by atoms with E-state index in [1.165, 1.54) is 0 Å². The first-order valence-corrected chi connectivity index (χ1v) is 9.11. The van der Waals surface area contributed by atoms with Gasteiger partial charge in [0.15, 0.2) is 5.96 Å². The van der Waals surface area contributed by atoms with Gasteiger partial charge in [0.25, 0.3) is 0 Å². The molecule has 142 valence electrons. The highest BCUT2D eigenvalue weighted by molar-refractivity contribution is 5.79. The van der Waals surface area contributed by atoms with Gasteiger partial charge in [-0.1, -0.05) is 30.3 Å². The van der Waals surface area contributed by atoms with Crippen molar-refractivity contribution in [1.29, 1.82) is 0 Å². The monoisotopic (exact) mass is 359 g/mol. The fourth-order valence-electron chi connectivity index (χ4n) is 2.49. The predicted octanol–water partition coefficient (Wildman–Crippen LogP) is 2.52. The highest BCUT2D eigenvalue weighted by Crippen LogP contribution is 2.14. The van der Waals surface area contributed by atoms with E-state index in [-0.39, 0.29) is 12.5 Å². The van der Waals surface area contributed by atoms with Crippen LogP contribution >= 0.6 is 0 Å². The number of nitrogens with zero attached hydrogens (tertiary/aromatic N) is 1. The first kappa shape index (κ1) is 20.0. The molecule has 6 heteroatoms. The Kier molecular flexibility index (Phi) is 9.32. The largest absolute Gasteiger partial charge is 0.467 e. The lowest BCUT2D eigenvalue weighted by atomic mass is 10.0. The zero-order valence-electron chi connectivity index (χ0n) is 15.4. The maximum Gasteiger partial charge on any atom is 0.191 e. The molecule has 2 rings (SSSR count). The van der Waals surface area contributed by atoms with Gasteiger partial charge in [0.05, 0.1) is 19.4 Å². The van der Waals surface area contributed by atoms with Crippen molar-refractivity contribution in [2.24, 2.45) is 4.99 Å². The predicted molar refractivity (Wildman–Crippen MR) is 103 cm³/mol. The van der Waals surface area contributed by atoms with Gasteiger partial charge in [0, 0.05) is 25.6 Å². The summed E-state index contributed by atoms with van der Waals surface area (Å²) in [7, 11) is 0. The molecule has 1 unspecified atom stereocenters. The van der Waals surface area contributed by atoms with E-state index in [0.717, 1.165) is 36.8 Å². The lowest BCUT2D eigenvalue weighted by Crippen LogP contribution is -2.38. The molecule has 0 amide bonds. The van der Waals surface area contributed by atoms with Crippen LogP contribution in [-0.2, 0) is 11.3 Å². The number of ether oxygens (including phenoxy) is 1. The van der Waals surface area contributed by atoms with E-state index in [4.69, 9.17) is 9.15 Å². The number of aliphatic hydroxyl groups is 1. The minimum atomic E-state index is 0.00304. The van der Waals surface area contributed by atoms with Crippen LogP contribution in [0.2, 0.25) is 0 Å². The van der Waals surface area contributed by atoms with Crippen LogP contribution in [0.4, 0.5) is 0 Å². The molecule has 0 saturated heterocycles. The molecule has 1 aromatic carbocycles. The van der Waals surface area contributed by atoms with Crippen molar-refractivity contribution in [2.45, 2.75) is 25.9 Å². The number of aliphatic imine (C=N–C) groups is 1. The van der Waals surface area contributed by atoms with Gasteiger partial charge in [-0.25, -0.2) is 0 Å². The first-order chi connectivity index (χ1) is 12.8. The van der Waals surface area contributed by atoms with E-state index >= 15 is 0 Å². The third-order valence-corrected chi connectivity index (χ3v) is 3.89. The summed E-state index contributed by atoms with van der Waals surface area (Å²) in [5.41, 5.74) is 1.10. The van der Waals surface area contributed by atoms with Gasteiger partial charge < -0.3 is 24.9 Å². The molecule has 0 aliphatic rings. The van der Waals surface area contributed by atoms with Gasteiger partial charge in [-0.2, -0.15) is 0 Å². The standard InChI is InChI=1S/C20H29N3O3/c1-2-21-20(22-11-7-12-25-16-19-10-6-13-26-19)23-14-18(15-24)17-8-4-3-5-9-17/h3-6,8-10,13,18,24H,2,7,11-12,14-16H2,1H3,(H2,21,22,23). The molecule has 3 N–H and O–H groups in total. The van der Waals surface area contributed by atoms with Crippen LogP contribution in [0, 0.1) is 0 Å². The SMILES string of the molecule is CCNC(=NCC(CO)c1ccccc1)NCCCOCc1ccco1. The Morgan fingerprint density at radius 3 is 2.73 bits per heavy atom. The molecule has 0 radical (unpaired) electrons. The second-order valence-corrected chi connectivity index (χ2v) is 5.92. The number of benzene rings is 1. The highest BCUT2D eigenvalue weighted by Gasteiger charge is 2.09. The maximum atomic E-state index is 9.64. The molecule has 0 spiro atoms. The topological polar surface area (TPSA) is 79.0 Å². The van der Waals surface area contributed by atoms with Crippen LogP contribution in [0.5, 0.6) is 0 Å². The molecular formula is C20H29N3O3. The van der Waals surface area contributed by atoms with E-state index in [0.29, 0.717) is 19.8 Å². The minimum absolute atomic E-state index is 0.00304. The van der Waals surface area contributed by atoms with E-state index < -0.39 is 0 Å². The Hall–Kier alpha value is -2.31. The van der Waals surface area contributed by atoms with Crippen molar-refractivity contribution >= 4 is 5.96 Å². The van der Waals surface area contributed by atoms with Gasteiger partial charge in [0.1, 0.15) is 12.4 Å². The number of nitrogens with one attached hydrogen (secondary N) is 2. The second-order valence-electron chi connectivity index (χ2n) is 5.92. The van der Waals surface area contributed by atoms with Crippen LogP contribution < -0.4 is 10.6 Å². The molecule has 0 aliphatic heterocycles. The van der Waals surface area contributed by atoms with Crippen molar-refractivity contribution in [3.63, 3.8) is 0 Å². The molecule has 6 nitrogen and oxygen atoms in total. The number of rotatable bonds is 11. The zero-order valence-corrected chi connectivity index (χ0v) is 15.4. The summed E-state index contributed by atoms with van der Waals surface area (Å²) in [6, 6.07) is 13.7. The van der Waals surface area contributed by atoms with Crippen molar-refractivity contribution in [3.8, 4) is 0 Å². The molecule has 26 heavy (non-hydrogen) atoms.